The van der Waals surface area contributed by atoms with Crippen molar-refractivity contribution in [1.29, 1.82) is 0 Å². The summed E-state index contributed by atoms with van der Waals surface area (Å²) in [6.07, 6.45) is 0. The molecule has 0 saturated carbocycles. The molecule has 1 amide bonds. The molecule has 8 nitrogen and oxygen atoms in total. The van der Waals surface area contributed by atoms with Crippen molar-refractivity contribution in [3.63, 3.8) is 0 Å². The number of carbonyl (C=O) groups excluding carboxylic acids is 1. The maximum absolute atomic E-state index is 12.0. The molecule has 2 N–H and O–H groups in total. The van der Waals surface area contributed by atoms with Crippen molar-refractivity contribution in [2.45, 2.75) is 13.5 Å². The van der Waals surface area contributed by atoms with Crippen LogP contribution in [0.1, 0.15) is 22.1 Å². The number of hydrogen-bond donors (Lipinski definition) is 2. The lowest BCUT2D eigenvalue weighted by Gasteiger charge is -2.14. The zero-order chi connectivity index (χ0) is 16.1. The third kappa shape index (κ3) is 3.27. The highest BCUT2D eigenvalue weighted by atomic mass is 16.5. The van der Waals surface area contributed by atoms with E-state index in [1.165, 1.54) is 14.2 Å². The van der Waals surface area contributed by atoms with Crippen molar-refractivity contribution in [1.82, 2.24) is 15.5 Å². The fraction of sp³-hybridized carbons (Fsp3) is 0.357. The van der Waals surface area contributed by atoms with Crippen molar-refractivity contribution in [2.24, 2.45) is 0 Å². The van der Waals surface area contributed by atoms with Crippen LogP contribution < -0.4 is 20.1 Å². The minimum absolute atomic E-state index is 0.245. The molecular weight excluding hydrogens is 288 g/mol. The summed E-state index contributed by atoms with van der Waals surface area (Å²) in [6, 6.07) is 3.30. The van der Waals surface area contributed by atoms with Gasteiger partial charge in [-0.15, -0.1) is 0 Å². The Labute approximate surface area is 127 Å². The van der Waals surface area contributed by atoms with Crippen LogP contribution in [0.2, 0.25) is 0 Å². The second kappa shape index (κ2) is 6.79. The first-order valence-corrected chi connectivity index (χ1v) is 6.60. The number of methoxy groups -OCH3 is 2. The number of aryl methyl sites for hydroxylation is 1. The second-order valence-corrected chi connectivity index (χ2v) is 4.42. The Morgan fingerprint density at radius 3 is 2.50 bits per heavy atom. The van der Waals surface area contributed by atoms with Crippen LogP contribution >= 0.6 is 0 Å². The molecule has 0 aliphatic heterocycles. The number of carbonyl (C=O) groups is 1. The van der Waals surface area contributed by atoms with E-state index in [-0.39, 0.29) is 5.91 Å². The van der Waals surface area contributed by atoms with E-state index in [4.69, 9.17) is 14.0 Å². The molecule has 0 fully saturated rings. The summed E-state index contributed by atoms with van der Waals surface area (Å²) in [5.41, 5.74) is 1.00. The van der Waals surface area contributed by atoms with Crippen molar-refractivity contribution in [2.75, 3.05) is 26.6 Å². The monoisotopic (exact) mass is 306 g/mol. The van der Waals surface area contributed by atoms with Crippen LogP contribution in [0.4, 0.5) is 5.69 Å². The average Bonchev–Trinajstić information content (AvgIpc) is 2.96. The summed E-state index contributed by atoms with van der Waals surface area (Å²) in [5.74, 6) is 1.72. The number of amides is 1. The van der Waals surface area contributed by atoms with Crippen LogP contribution in [-0.4, -0.2) is 37.3 Å². The molecule has 22 heavy (non-hydrogen) atoms. The molecule has 1 aromatic carbocycles. The van der Waals surface area contributed by atoms with Crippen LogP contribution in [0.15, 0.2) is 16.7 Å². The maximum Gasteiger partial charge on any atom is 0.253 e. The second-order valence-electron chi connectivity index (χ2n) is 4.42. The first kappa shape index (κ1) is 15.6. The smallest absolute Gasteiger partial charge is 0.253 e. The molecule has 1 aromatic heterocycles. The summed E-state index contributed by atoms with van der Waals surface area (Å²) >= 11 is 0. The van der Waals surface area contributed by atoms with Gasteiger partial charge in [-0.05, 0) is 13.0 Å². The number of anilines is 1. The first-order chi connectivity index (χ1) is 10.6. The fourth-order valence-corrected chi connectivity index (χ4v) is 1.93. The summed E-state index contributed by atoms with van der Waals surface area (Å²) in [5, 5.41) is 9.39. The van der Waals surface area contributed by atoms with Gasteiger partial charge in [0.25, 0.3) is 5.91 Å². The van der Waals surface area contributed by atoms with Gasteiger partial charge in [0.15, 0.2) is 17.3 Å². The third-order valence-corrected chi connectivity index (χ3v) is 3.00. The van der Waals surface area contributed by atoms with Gasteiger partial charge in [-0.25, -0.2) is 0 Å². The lowest BCUT2D eigenvalue weighted by Crippen LogP contribution is -2.20. The van der Waals surface area contributed by atoms with Crippen LogP contribution in [0.3, 0.4) is 0 Å². The fourth-order valence-electron chi connectivity index (χ4n) is 1.93. The van der Waals surface area contributed by atoms with E-state index < -0.39 is 0 Å². The normalized spacial score (nSPS) is 10.2. The van der Waals surface area contributed by atoms with Crippen molar-refractivity contribution < 1.29 is 18.8 Å². The van der Waals surface area contributed by atoms with E-state index >= 15 is 0 Å². The summed E-state index contributed by atoms with van der Waals surface area (Å²) < 4.78 is 15.5. The largest absolute Gasteiger partial charge is 0.493 e. The van der Waals surface area contributed by atoms with E-state index in [1.54, 1.807) is 26.1 Å². The van der Waals surface area contributed by atoms with Gasteiger partial charge in [0.1, 0.15) is 0 Å². The van der Waals surface area contributed by atoms with Gasteiger partial charge in [-0.1, -0.05) is 5.16 Å². The van der Waals surface area contributed by atoms with Gasteiger partial charge >= 0.3 is 0 Å². The minimum Gasteiger partial charge on any atom is -0.493 e. The lowest BCUT2D eigenvalue weighted by molar-refractivity contribution is 0.0963. The minimum atomic E-state index is -0.245. The SMILES string of the molecule is CNC(=O)c1cc(OC)c(OC)cc1NCc1nc(C)no1. The molecule has 0 unspecified atom stereocenters. The van der Waals surface area contributed by atoms with Crippen molar-refractivity contribution in [3.8, 4) is 11.5 Å². The molecule has 0 bridgehead atoms. The molecule has 0 saturated heterocycles. The summed E-state index contributed by atoms with van der Waals surface area (Å²) in [4.78, 5) is 16.1. The van der Waals surface area contributed by atoms with E-state index in [1.807, 2.05) is 0 Å². The van der Waals surface area contributed by atoms with Crippen LogP contribution in [-0.2, 0) is 6.54 Å². The molecule has 2 aromatic rings. The molecule has 1 heterocycles. The third-order valence-electron chi connectivity index (χ3n) is 3.00. The number of rotatable bonds is 6. The van der Waals surface area contributed by atoms with E-state index in [9.17, 15) is 4.79 Å². The van der Waals surface area contributed by atoms with Gasteiger partial charge in [-0.2, -0.15) is 4.98 Å². The molecule has 0 aliphatic carbocycles. The molecule has 0 radical (unpaired) electrons. The average molecular weight is 306 g/mol. The molecule has 0 spiro atoms. The van der Waals surface area contributed by atoms with Gasteiger partial charge in [0.2, 0.25) is 5.89 Å². The van der Waals surface area contributed by atoms with E-state index in [2.05, 4.69) is 20.8 Å². The highest BCUT2D eigenvalue weighted by molar-refractivity contribution is 6.00. The van der Waals surface area contributed by atoms with Gasteiger partial charge < -0.3 is 24.6 Å². The maximum atomic E-state index is 12.0. The number of nitrogens with one attached hydrogen (secondary N) is 2. The molecule has 118 valence electrons. The topological polar surface area (TPSA) is 98.5 Å². The highest BCUT2D eigenvalue weighted by Gasteiger charge is 2.16. The Morgan fingerprint density at radius 1 is 1.27 bits per heavy atom. The van der Waals surface area contributed by atoms with Crippen LogP contribution in [0.25, 0.3) is 0 Å². The Morgan fingerprint density at radius 2 is 1.95 bits per heavy atom. The Balaban J connectivity index is 2.32. The number of aromatic nitrogens is 2. The summed E-state index contributed by atoms with van der Waals surface area (Å²) in [7, 11) is 4.60. The molecule has 0 atom stereocenters. The van der Waals surface area contributed by atoms with Crippen molar-refractivity contribution in [3.05, 3.63) is 29.4 Å². The predicted octanol–water partition coefficient (Wildman–Crippen LogP) is 1.37. The van der Waals surface area contributed by atoms with E-state index in [0.717, 1.165) is 0 Å². The molecular formula is C14H18N4O4. The number of benzene rings is 1. The zero-order valence-electron chi connectivity index (χ0n) is 12.9. The van der Waals surface area contributed by atoms with Crippen LogP contribution in [0, 0.1) is 6.92 Å². The standard InChI is InChI=1S/C14H18N4O4/c1-8-17-13(22-18-8)7-16-10-6-12(21-4)11(20-3)5-9(10)14(19)15-2/h5-6,16H,7H2,1-4H3,(H,15,19). The van der Waals surface area contributed by atoms with Crippen LogP contribution in [0.5, 0.6) is 11.5 Å². The Kier molecular flexibility index (Phi) is 4.82. The number of ether oxygens (including phenoxy) is 2. The van der Waals surface area contributed by atoms with E-state index in [0.29, 0.717) is 41.0 Å². The molecule has 0 aliphatic rings. The highest BCUT2D eigenvalue weighted by Crippen LogP contribution is 2.33. The number of hydrogen-bond acceptors (Lipinski definition) is 7. The zero-order valence-corrected chi connectivity index (χ0v) is 12.9. The quantitative estimate of drug-likeness (QED) is 0.831. The Bertz CT molecular complexity index is 669. The summed E-state index contributed by atoms with van der Waals surface area (Å²) in [6.45, 7) is 2.03. The predicted molar refractivity (Wildman–Crippen MR) is 79.3 cm³/mol. The first-order valence-electron chi connectivity index (χ1n) is 6.60. The van der Waals surface area contributed by atoms with Crippen molar-refractivity contribution >= 4 is 11.6 Å². The molecule has 8 heteroatoms. The molecule has 2 rings (SSSR count). The Hall–Kier alpha value is -2.77. The van der Waals surface area contributed by atoms with Gasteiger partial charge in [-0.3, -0.25) is 4.79 Å². The van der Waals surface area contributed by atoms with Gasteiger partial charge in [0, 0.05) is 13.1 Å². The number of nitrogens with zero attached hydrogens (tertiary/aromatic N) is 2. The lowest BCUT2D eigenvalue weighted by atomic mass is 10.1. The van der Waals surface area contributed by atoms with Gasteiger partial charge in [0.05, 0.1) is 32.0 Å².